The van der Waals surface area contributed by atoms with Crippen molar-refractivity contribution >= 4 is 25.0 Å². The van der Waals surface area contributed by atoms with Gasteiger partial charge < -0.3 is 18.4 Å². The largest absolute Gasteiger partial charge is 0.410 e. The summed E-state index contributed by atoms with van der Waals surface area (Å²) in [7, 11) is -6.59. The molecule has 0 bridgehead atoms. The van der Waals surface area contributed by atoms with Crippen LogP contribution in [0.1, 0.15) is 92.4 Å². The van der Waals surface area contributed by atoms with Crippen molar-refractivity contribution in [3.05, 3.63) is 47.0 Å². The van der Waals surface area contributed by atoms with Crippen LogP contribution < -0.4 is 0 Å². The van der Waals surface area contributed by atoms with Crippen LogP contribution in [0.4, 0.5) is 0 Å². The molecule has 0 saturated heterocycles. The molecular formula is C32H58O4Si3. The van der Waals surface area contributed by atoms with E-state index in [1.807, 2.05) is 0 Å². The van der Waals surface area contributed by atoms with Crippen LogP contribution in [0.15, 0.2) is 35.9 Å². The van der Waals surface area contributed by atoms with Gasteiger partial charge in [0, 0.05) is 5.92 Å². The van der Waals surface area contributed by atoms with Gasteiger partial charge in [-0.1, -0.05) is 86.6 Å². The molecule has 1 N–H and O–H groups in total. The van der Waals surface area contributed by atoms with Crippen molar-refractivity contribution in [1.82, 2.24) is 0 Å². The Morgan fingerprint density at radius 1 is 0.667 bits per heavy atom. The maximum Gasteiger partial charge on any atom is 0.193 e. The van der Waals surface area contributed by atoms with Gasteiger partial charge in [-0.2, -0.15) is 0 Å². The fourth-order valence-electron chi connectivity index (χ4n) is 5.11. The molecule has 39 heavy (non-hydrogen) atoms. The number of hydrogen-bond acceptors (Lipinski definition) is 4. The first-order valence-corrected chi connectivity index (χ1v) is 23.5. The zero-order valence-corrected chi connectivity index (χ0v) is 30.9. The molecule has 0 aliphatic heterocycles. The van der Waals surface area contributed by atoms with Crippen molar-refractivity contribution in [1.29, 1.82) is 0 Å². The van der Waals surface area contributed by atoms with E-state index in [0.29, 0.717) is 0 Å². The van der Waals surface area contributed by atoms with Crippen LogP contribution in [0.3, 0.4) is 0 Å². The fourth-order valence-corrected chi connectivity index (χ4v) is 8.97. The van der Waals surface area contributed by atoms with Crippen LogP contribution in [0.5, 0.6) is 0 Å². The molecule has 1 aromatic carbocycles. The van der Waals surface area contributed by atoms with Crippen molar-refractivity contribution in [2.45, 2.75) is 153 Å². The predicted octanol–water partition coefficient (Wildman–Crippen LogP) is 9.32. The summed E-state index contributed by atoms with van der Waals surface area (Å²) in [4.78, 5) is 0. The maximum absolute atomic E-state index is 12.8. The Kier molecular flexibility index (Phi) is 8.47. The molecule has 222 valence electrons. The minimum absolute atomic E-state index is 0.0227. The smallest absolute Gasteiger partial charge is 0.193 e. The van der Waals surface area contributed by atoms with Gasteiger partial charge in [0.2, 0.25) is 0 Å². The molecule has 0 aromatic heterocycles. The molecular weight excluding hydrogens is 533 g/mol. The number of benzene rings is 1. The second-order valence-corrected chi connectivity index (χ2v) is 31.1. The lowest BCUT2D eigenvalue weighted by atomic mass is 9.74. The lowest BCUT2D eigenvalue weighted by molar-refractivity contribution is -0.0902. The Labute approximate surface area is 243 Å². The van der Waals surface area contributed by atoms with E-state index in [1.54, 1.807) is 0 Å². The molecule has 0 radical (unpaired) electrons. The van der Waals surface area contributed by atoms with Crippen molar-refractivity contribution in [2.75, 3.05) is 0 Å². The molecule has 2 aliphatic carbocycles. The summed E-state index contributed by atoms with van der Waals surface area (Å²) in [6.07, 6.45) is 1.13. The highest BCUT2D eigenvalue weighted by atomic mass is 28.4. The molecule has 3 rings (SSSR count). The number of fused-ring (bicyclic) bond motifs is 3. The van der Waals surface area contributed by atoms with Crippen molar-refractivity contribution in [2.24, 2.45) is 0 Å². The summed E-state index contributed by atoms with van der Waals surface area (Å²) < 4.78 is 21.7. The maximum atomic E-state index is 12.8. The Bertz CT molecular complexity index is 1090. The zero-order chi connectivity index (χ0) is 30.2. The highest BCUT2D eigenvalue weighted by Gasteiger charge is 2.62. The monoisotopic (exact) mass is 590 g/mol. The van der Waals surface area contributed by atoms with Gasteiger partial charge in [-0.3, -0.25) is 0 Å². The molecule has 1 aromatic rings. The quantitative estimate of drug-likeness (QED) is 0.265. The van der Waals surface area contributed by atoms with Crippen molar-refractivity contribution in [3.63, 3.8) is 0 Å². The third kappa shape index (κ3) is 5.88. The molecule has 0 spiro atoms. The molecule has 0 saturated carbocycles. The Morgan fingerprint density at radius 3 is 1.54 bits per heavy atom. The molecule has 4 nitrogen and oxygen atoms in total. The van der Waals surface area contributed by atoms with Gasteiger partial charge in [-0.05, 0) is 84.1 Å². The number of hydrogen-bond donors (Lipinski definition) is 1. The SMILES string of the molecule is CC1=C[C@@]2(O)[C@H](O[Si](C)(C)C(C)(C)C)c3ccccc3[C@H]2[C@H](O[Si](C)(C)C(C)(C)C)[C@H]1O[Si](C)(C)C(C)(C)C. The minimum Gasteiger partial charge on any atom is -0.410 e. The van der Waals surface area contributed by atoms with Gasteiger partial charge in [0.05, 0.1) is 12.2 Å². The molecule has 0 amide bonds. The van der Waals surface area contributed by atoms with Gasteiger partial charge in [-0.15, -0.1) is 0 Å². The van der Waals surface area contributed by atoms with Crippen LogP contribution in [0, 0.1) is 0 Å². The summed E-state index contributed by atoms with van der Waals surface area (Å²) >= 11 is 0. The number of rotatable bonds is 6. The summed E-state index contributed by atoms with van der Waals surface area (Å²) in [5.74, 6) is -0.268. The highest BCUT2D eigenvalue weighted by molar-refractivity contribution is 6.75. The van der Waals surface area contributed by atoms with Crippen molar-refractivity contribution < 1.29 is 18.4 Å². The zero-order valence-electron chi connectivity index (χ0n) is 27.9. The number of aliphatic hydroxyl groups is 1. The van der Waals surface area contributed by atoms with Crippen LogP contribution in [-0.4, -0.2) is 47.9 Å². The first-order valence-electron chi connectivity index (χ1n) is 14.8. The van der Waals surface area contributed by atoms with Crippen LogP contribution >= 0.6 is 0 Å². The van der Waals surface area contributed by atoms with Gasteiger partial charge in [0.1, 0.15) is 11.7 Å². The Balaban J connectivity index is 2.26. The fraction of sp³-hybridized carbons (Fsp3) is 0.750. The van der Waals surface area contributed by atoms with Gasteiger partial charge in [0.15, 0.2) is 25.0 Å². The van der Waals surface area contributed by atoms with Crippen LogP contribution in [0.2, 0.25) is 54.4 Å². The van der Waals surface area contributed by atoms with E-state index in [2.05, 4.69) is 139 Å². The van der Waals surface area contributed by atoms with Gasteiger partial charge >= 0.3 is 0 Å². The average Bonchev–Trinajstić information content (AvgIpc) is 2.95. The summed E-state index contributed by atoms with van der Waals surface area (Å²) in [5, 5.41) is 13.0. The highest BCUT2D eigenvalue weighted by Crippen LogP contribution is 2.59. The van der Waals surface area contributed by atoms with E-state index < -0.39 is 36.7 Å². The molecule has 2 aliphatic rings. The van der Waals surface area contributed by atoms with Gasteiger partial charge in [-0.25, -0.2) is 0 Å². The standard InChI is InChI=1S/C32H58O4Si3/c1-22-21-32(33)25(23-19-17-18-20-24(23)28(32)36-39(15,16)31(8,9)10)27(35-38(13,14)30(5,6)7)26(22)34-37(11,12)29(2,3)4/h17-21,25-28,33H,1-16H3/t25-,26-,27-,28+,32-/m0/s1. The molecule has 0 heterocycles. The van der Waals surface area contributed by atoms with Crippen LogP contribution in [0.25, 0.3) is 0 Å². The minimum atomic E-state index is -2.23. The third-order valence-corrected chi connectivity index (χ3v) is 24.1. The predicted molar refractivity (Wildman–Crippen MR) is 173 cm³/mol. The first kappa shape index (κ1) is 33.0. The molecule has 5 atom stereocenters. The van der Waals surface area contributed by atoms with E-state index in [-0.39, 0.29) is 33.2 Å². The summed E-state index contributed by atoms with van der Waals surface area (Å²) in [6, 6.07) is 8.50. The lowest BCUT2D eigenvalue weighted by Crippen LogP contribution is -2.59. The first-order chi connectivity index (χ1) is 17.3. The summed E-state index contributed by atoms with van der Waals surface area (Å²) in [5.41, 5.74) is 2.08. The molecule has 0 fully saturated rings. The normalized spacial score (nSPS) is 28.7. The Hall–Kier alpha value is -0.549. The topological polar surface area (TPSA) is 47.9 Å². The van der Waals surface area contributed by atoms with Crippen LogP contribution in [-0.2, 0) is 13.3 Å². The second-order valence-electron chi connectivity index (χ2n) is 16.8. The van der Waals surface area contributed by atoms with Crippen molar-refractivity contribution in [3.8, 4) is 0 Å². The second kappa shape index (κ2) is 10.0. The van der Waals surface area contributed by atoms with E-state index in [4.69, 9.17) is 13.3 Å². The average molecular weight is 591 g/mol. The third-order valence-electron chi connectivity index (χ3n) is 10.7. The Morgan fingerprint density at radius 2 is 1.08 bits per heavy atom. The van der Waals surface area contributed by atoms with E-state index in [9.17, 15) is 5.11 Å². The summed E-state index contributed by atoms with van der Waals surface area (Å²) in [6.45, 7) is 36.4. The molecule has 7 heteroatoms. The van der Waals surface area contributed by atoms with E-state index >= 15 is 0 Å². The lowest BCUT2D eigenvalue weighted by Gasteiger charge is -2.52. The van der Waals surface area contributed by atoms with Gasteiger partial charge in [0.25, 0.3) is 0 Å². The van der Waals surface area contributed by atoms with E-state index in [0.717, 1.165) is 16.7 Å². The van der Waals surface area contributed by atoms with E-state index in [1.165, 1.54) is 0 Å². The molecule has 0 unspecified atom stereocenters.